The summed E-state index contributed by atoms with van der Waals surface area (Å²) >= 11 is 3.63. The summed E-state index contributed by atoms with van der Waals surface area (Å²) in [6.07, 6.45) is 7.85. The van der Waals surface area contributed by atoms with Gasteiger partial charge in [-0.2, -0.15) is 0 Å². The summed E-state index contributed by atoms with van der Waals surface area (Å²) in [5, 5.41) is 0. The van der Waals surface area contributed by atoms with E-state index in [1.165, 1.54) is 22.3 Å². The lowest BCUT2D eigenvalue weighted by Crippen LogP contribution is -2.17. The van der Waals surface area contributed by atoms with E-state index in [0.717, 1.165) is 29.6 Å². The molecule has 1 unspecified atom stereocenters. The first-order chi connectivity index (χ1) is 12.1. The largest absolute Gasteiger partial charge is 0.270 e. The Morgan fingerprint density at radius 1 is 1.35 bits per heavy atom. The summed E-state index contributed by atoms with van der Waals surface area (Å²) in [6.45, 7) is 13.0. The molecule has 1 aromatic carbocycles. The van der Waals surface area contributed by atoms with Crippen molar-refractivity contribution in [1.82, 2.24) is 5.73 Å². The average molecular weight is 411 g/mol. The Bertz CT molecular complexity index is 894. The number of carbonyl (C=O) groups excluding carboxylic acids is 1. The number of fused-ring (bicyclic) bond motifs is 1. The quantitative estimate of drug-likeness (QED) is 0.581. The van der Waals surface area contributed by atoms with Crippen LogP contribution in [0.2, 0.25) is 0 Å². The Morgan fingerprint density at radius 2 is 2.04 bits per heavy atom. The fourth-order valence-electron chi connectivity index (χ4n) is 3.60. The maximum atomic E-state index is 12.0. The van der Waals surface area contributed by atoms with Crippen LogP contribution in [-0.2, 0) is 16.6 Å². The molecule has 3 rings (SSSR count). The average Bonchev–Trinajstić information content (AvgIpc) is 2.98. The highest BCUT2D eigenvalue weighted by molar-refractivity contribution is 9.09. The molecule has 26 heavy (non-hydrogen) atoms. The monoisotopic (exact) mass is 410 g/mol. The second-order valence-electron chi connectivity index (χ2n) is 8.08. The van der Waals surface area contributed by atoms with Crippen molar-refractivity contribution in [3.05, 3.63) is 69.8 Å². The van der Waals surface area contributed by atoms with Crippen molar-refractivity contribution in [2.24, 2.45) is 0 Å². The molecular weight excluding hydrogens is 386 g/mol. The first-order valence-corrected chi connectivity index (χ1v) is 9.94. The van der Waals surface area contributed by atoms with Crippen molar-refractivity contribution in [2.75, 3.05) is 0 Å². The highest BCUT2D eigenvalue weighted by Gasteiger charge is 2.29. The Kier molecular flexibility index (Phi) is 4.87. The summed E-state index contributed by atoms with van der Waals surface area (Å²) in [6, 6.07) is 4.48. The minimum Gasteiger partial charge on any atom is -0.267 e. The molecule has 1 amide bonds. The Balaban J connectivity index is 2.32. The maximum Gasteiger partial charge on any atom is 0.270 e. The number of rotatable bonds is 3. The first kappa shape index (κ1) is 18.9. The minimum atomic E-state index is -0.659. The van der Waals surface area contributed by atoms with Gasteiger partial charge in [0.1, 0.15) is 0 Å². The second kappa shape index (κ2) is 6.70. The molecule has 2 aliphatic rings. The molecule has 135 valence electrons. The third kappa shape index (κ3) is 3.25. The summed E-state index contributed by atoms with van der Waals surface area (Å²) < 4.78 is 0. The Hall–Kier alpha value is -1.87. The number of amides is 1. The molecular formula is C23H25BrNO. The molecule has 0 heterocycles. The van der Waals surface area contributed by atoms with E-state index >= 15 is 0 Å². The molecule has 1 N–H and O–H groups in total. The predicted octanol–water partition coefficient (Wildman–Crippen LogP) is 5.79. The molecule has 3 heteroatoms. The predicted molar refractivity (Wildman–Crippen MR) is 113 cm³/mol. The number of nitrogens with one attached hydrogen (secondary N) is 1. The smallest absolute Gasteiger partial charge is 0.267 e. The van der Waals surface area contributed by atoms with Crippen molar-refractivity contribution in [2.45, 2.75) is 50.8 Å². The number of hydrogen-bond acceptors (Lipinski definition) is 1. The van der Waals surface area contributed by atoms with Crippen molar-refractivity contribution in [3.63, 3.8) is 0 Å². The van der Waals surface area contributed by atoms with Gasteiger partial charge in [-0.3, -0.25) is 10.5 Å². The highest BCUT2D eigenvalue weighted by atomic mass is 79.9. The molecule has 1 atom stereocenters. The van der Waals surface area contributed by atoms with E-state index in [4.69, 9.17) is 5.73 Å². The van der Waals surface area contributed by atoms with Gasteiger partial charge in [0.2, 0.25) is 0 Å². The second-order valence-corrected chi connectivity index (χ2v) is 9.06. The zero-order chi connectivity index (χ0) is 19.2. The standard InChI is InChI=1S/C23H25BrNO/c1-6-14-9-15-11-16(23(3,4)5)12-19(18(15)10-14)21-13(2)20(24)8-7-17(21)22(25)26/h7-9,11-12,20,25H,2,6,10H2,1,3-5H3. The lowest BCUT2D eigenvalue weighted by Gasteiger charge is -2.26. The number of alkyl halides is 1. The maximum absolute atomic E-state index is 12.0. The van der Waals surface area contributed by atoms with Crippen molar-refractivity contribution < 1.29 is 4.79 Å². The number of halogens is 1. The van der Waals surface area contributed by atoms with Crippen LogP contribution >= 0.6 is 15.9 Å². The van der Waals surface area contributed by atoms with E-state index in [0.29, 0.717) is 5.57 Å². The highest BCUT2D eigenvalue weighted by Crippen LogP contribution is 2.42. The molecule has 2 nitrogen and oxygen atoms in total. The summed E-state index contributed by atoms with van der Waals surface area (Å²) in [4.78, 5) is 12.0. The minimum absolute atomic E-state index is 0.00206. The number of carbonyl (C=O) groups is 1. The Morgan fingerprint density at radius 3 is 2.62 bits per heavy atom. The van der Waals surface area contributed by atoms with Crippen LogP contribution in [0.5, 0.6) is 0 Å². The van der Waals surface area contributed by atoms with Crippen molar-refractivity contribution in [1.29, 1.82) is 0 Å². The van der Waals surface area contributed by atoms with Gasteiger partial charge in [-0.15, -0.1) is 0 Å². The number of benzene rings is 1. The van der Waals surface area contributed by atoms with Gasteiger partial charge >= 0.3 is 0 Å². The third-order valence-corrected chi connectivity index (χ3v) is 6.10. The van der Waals surface area contributed by atoms with Gasteiger partial charge in [0.15, 0.2) is 0 Å². The van der Waals surface area contributed by atoms with E-state index in [2.05, 4.69) is 68.4 Å². The van der Waals surface area contributed by atoms with Gasteiger partial charge in [0.05, 0.1) is 4.83 Å². The fraction of sp³-hybridized carbons (Fsp3) is 0.348. The summed E-state index contributed by atoms with van der Waals surface area (Å²) in [5.41, 5.74) is 16.0. The molecule has 2 aliphatic carbocycles. The van der Waals surface area contributed by atoms with Crippen LogP contribution in [-0.4, -0.2) is 10.7 Å². The number of hydrogen-bond donors (Lipinski definition) is 0. The Labute approximate surface area is 164 Å². The number of allylic oxidation sites excluding steroid dienone is 4. The SMILES string of the molecule is C=C1C(c2cc(C(C)(C)C)cc3c2CC(CC)=C3)=C(C([NH])=O)C=CC1Br. The molecule has 1 radical (unpaired) electrons. The van der Waals surface area contributed by atoms with Gasteiger partial charge < -0.3 is 0 Å². The normalized spacial score (nSPS) is 19.7. The first-order valence-electron chi connectivity index (χ1n) is 9.02. The van der Waals surface area contributed by atoms with Gasteiger partial charge in [0, 0.05) is 5.57 Å². The van der Waals surface area contributed by atoms with Crippen LogP contribution in [0.15, 0.2) is 47.6 Å². The van der Waals surface area contributed by atoms with Gasteiger partial charge in [-0.1, -0.05) is 86.1 Å². The lowest BCUT2D eigenvalue weighted by atomic mass is 9.79. The van der Waals surface area contributed by atoms with Crippen LogP contribution in [0.25, 0.3) is 11.6 Å². The molecule has 0 spiro atoms. The molecule has 0 saturated carbocycles. The van der Waals surface area contributed by atoms with Gasteiger partial charge in [-0.25, -0.2) is 0 Å². The molecule has 0 aromatic heterocycles. The van der Waals surface area contributed by atoms with E-state index < -0.39 is 5.91 Å². The fourth-order valence-corrected chi connectivity index (χ4v) is 3.98. The van der Waals surface area contributed by atoms with Crippen LogP contribution in [0, 0.1) is 0 Å². The lowest BCUT2D eigenvalue weighted by molar-refractivity contribution is -0.114. The van der Waals surface area contributed by atoms with Gasteiger partial charge in [0.25, 0.3) is 5.91 Å². The van der Waals surface area contributed by atoms with E-state index in [-0.39, 0.29) is 10.2 Å². The van der Waals surface area contributed by atoms with E-state index in [1.807, 2.05) is 6.08 Å². The van der Waals surface area contributed by atoms with Crippen LogP contribution in [0.4, 0.5) is 0 Å². The zero-order valence-electron chi connectivity index (χ0n) is 15.9. The third-order valence-electron chi connectivity index (χ3n) is 5.24. The summed E-state index contributed by atoms with van der Waals surface area (Å²) in [5.74, 6) is -0.659. The zero-order valence-corrected chi connectivity index (χ0v) is 17.5. The van der Waals surface area contributed by atoms with E-state index in [9.17, 15) is 4.79 Å². The van der Waals surface area contributed by atoms with Crippen LogP contribution in [0.1, 0.15) is 56.4 Å². The molecule has 0 fully saturated rings. The van der Waals surface area contributed by atoms with Crippen molar-refractivity contribution in [3.8, 4) is 0 Å². The van der Waals surface area contributed by atoms with Crippen LogP contribution in [0.3, 0.4) is 0 Å². The topological polar surface area (TPSA) is 40.9 Å². The van der Waals surface area contributed by atoms with E-state index in [1.54, 1.807) is 6.08 Å². The van der Waals surface area contributed by atoms with Crippen LogP contribution < -0.4 is 5.73 Å². The molecule has 0 bridgehead atoms. The molecule has 1 aromatic rings. The molecule has 0 aliphatic heterocycles. The van der Waals surface area contributed by atoms with Crippen molar-refractivity contribution >= 4 is 33.5 Å². The van der Waals surface area contributed by atoms with Gasteiger partial charge in [-0.05, 0) is 51.7 Å². The molecule has 0 saturated heterocycles. The summed E-state index contributed by atoms with van der Waals surface area (Å²) in [7, 11) is 0.